The monoisotopic (exact) mass is 406 g/mol. The average molecular weight is 406 g/mol. The van der Waals surface area contributed by atoms with E-state index in [1.807, 2.05) is 0 Å². The molecule has 0 N–H and O–H groups in total. The van der Waals surface area contributed by atoms with Gasteiger partial charge in [0.2, 0.25) is 0 Å². The Hall–Kier alpha value is -3.03. The third kappa shape index (κ3) is 4.70. The number of alkyl halides is 3. The minimum Gasteiger partial charge on any atom is -0.497 e. The van der Waals surface area contributed by atoms with Crippen LogP contribution in [0.5, 0.6) is 5.75 Å². The van der Waals surface area contributed by atoms with E-state index in [0.29, 0.717) is 24.3 Å². The number of benzene rings is 2. The van der Waals surface area contributed by atoms with Crippen molar-refractivity contribution in [2.45, 2.75) is 12.6 Å². The molecule has 2 aromatic rings. The molecule has 3 rings (SSSR count). The van der Waals surface area contributed by atoms with Crippen LogP contribution in [0.2, 0.25) is 0 Å². The molecule has 1 fully saturated rings. The maximum absolute atomic E-state index is 13.2. The van der Waals surface area contributed by atoms with Crippen molar-refractivity contribution in [3.05, 3.63) is 65.2 Å². The molecule has 29 heavy (non-hydrogen) atoms. The van der Waals surface area contributed by atoms with Gasteiger partial charge in [0, 0.05) is 31.7 Å². The van der Waals surface area contributed by atoms with E-state index in [9.17, 15) is 22.8 Å². The standard InChI is InChI=1S/C21H21F3N2O3/c1-29-16-9-7-15(8-10-16)19(27)25-11-4-12-26(14-13-25)20(28)17-5-2-3-6-18(17)21(22,23)24/h2-3,5-10H,4,11-14H2,1H3. The van der Waals surface area contributed by atoms with Crippen molar-refractivity contribution in [1.82, 2.24) is 9.80 Å². The first-order valence-corrected chi connectivity index (χ1v) is 9.20. The molecule has 0 aromatic heterocycles. The fraction of sp³-hybridized carbons (Fsp3) is 0.333. The van der Waals surface area contributed by atoms with Crippen LogP contribution in [0.15, 0.2) is 48.5 Å². The maximum Gasteiger partial charge on any atom is 0.417 e. The first kappa shape index (κ1) is 20.7. The highest BCUT2D eigenvalue weighted by atomic mass is 19.4. The Morgan fingerprint density at radius 1 is 0.862 bits per heavy atom. The Morgan fingerprint density at radius 2 is 1.45 bits per heavy atom. The second-order valence-electron chi connectivity index (χ2n) is 6.71. The number of nitrogens with zero attached hydrogens (tertiary/aromatic N) is 2. The Balaban J connectivity index is 1.71. The predicted molar refractivity (Wildman–Crippen MR) is 101 cm³/mol. The molecular weight excluding hydrogens is 385 g/mol. The van der Waals surface area contributed by atoms with Crippen LogP contribution in [-0.4, -0.2) is 54.9 Å². The van der Waals surface area contributed by atoms with Gasteiger partial charge in [0.1, 0.15) is 5.75 Å². The Morgan fingerprint density at radius 3 is 2.03 bits per heavy atom. The number of amides is 2. The van der Waals surface area contributed by atoms with Gasteiger partial charge in [0.05, 0.1) is 18.2 Å². The summed E-state index contributed by atoms with van der Waals surface area (Å²) in [5.41, 5.74) is -0.816. The van der Waals surface area contributed by atoms with E-state index in [4.69, 9.17) is 4.74 Å². The number of carbonyl (C=O) groups excluding carboxylic acids is 2. The van der Waals surface area contributed by atoms with E-state index < -0.39 is 17.6 Å². The van der Waals surface area contributed by atoms with Gasteiger partial charge < -0.3 is 14.5 Å². The Kier molecular flexibility index (Phi) is 6.10. The van der Waals surface area contributed by atoms with E-state index in [0.717, 1.165) is 6.07 Å². The summed E-state index contributed by atoms with van der Waals surface area (Å²) in [4.78, 5) is 28.5. The Bertz CT molecular complexity index is 881. The Labute approximate surface area is 166 Å². The molecule has 8 heteroatoms. The number of hydrogen-bond acceptors (Lipinski definition) is 3. The van der Waals surface area contributed by atoms with E-state index in [1.165, 1.54) is 30.2 Å². The van der Waals surface area contributed by atoms with Crippen LogP contribution < -0.4 is 4.74 Å². The van der Waals surface area contributed by atoms with Gasteiger partial charge in [-0.2, -0.15) is 13.2 Å². The molecule has 5 nitrogen and oxygen atoms in total. The topological polar surface area (TPSA) is 49.9 Å². The normalized spacial score (nSPS) is 15.0. The molecule has 1 aliphatic heterocycles. The van der Waals surface area contributed by atoms with Gasteiger partial charge in [0.25, 0.3) is 11.8 Å². The van der Waals surface area contributed by atoms with Gasteiger partial charge in [-0.3, -0.25) is 9.59 Å². The van der Waals surface area contributed by atoms with Crippen LogP contribution in [0.25, 0.3) is 0 Å². The second kappa shape index (κ2) is 8.55. The highest BCUT2D eigenvalue weighted by Gasteiger charge is 2.36. The number of hydrogen-bond donors (Lipinski definition) is 0. The van der Waals surface area contributed by atoms with Crippen molar-refractivity contribution in [3.8, 4) is 5.75 Å². The van der Waals surface area contributed by atoms with Crippen molar-refractivity contribution >= 4 is 11.8 Å². The molecule has 0 bridgehead atoms. The van der Waals surface area contributed by atoms with Crippen molar-refractivity contribution in [2.75, 3.05) is 33.3 Å². The van der Waals surface area contributed by atoms with Gasteiger partial charge >= 0.3 is 6.18 Å². The zero-order valence-electron chi connectivity index (χ0n) is 15.9. The minimum atomic E-state index is -4.60. The maximum atomic E-state index is 13.2. The highest BCUT2D eigenvalue weighted by Crippen LogP contribution is 2.32. The molecule has 1 heterocycles. The van der Waals surface area contributed by atoms with Gasteiger partial charge in [0.15, 0.2) is 0 Å². The van der Waals surface area contributed by atoms with Crippen molar-refractivity contribution in [1.29, 1.82) is 0 Å². The fourth-order valence-corrected chi connectivity index (χ4v) is 3.33. The number of ether oxygens (including phenoxy) is 1. The molecule has 154 valence electrons. The van der Waals surface area contributed by atoms with Crippen molar-refractivity contribution in [3.63, 3.8) is 0 Å². The average Bonchev–Trinajstić information content (AvgIpc) is 2.98. The summed E-state index contributed by atoms with van der Waals surface area (Å²) >= 11 is 0. The smallest absolute Gasteiger partial charge is 0.417 e. The van der Waals surface area contributed by atoms with Gasteiger partial charge in [-0.1, -0.05) is 12.1 Å². The lowest BCUT2D eigenvalue weighted by atomic mass is 10.1. The lowest BCUT2D eigenvalue weighted by Crippen LogP contribution is -2.38. The SMILES string of the molecule is COc1ccc(C(=O)N2CCCN(C(=O)c3ccccc3C(F)(F)F)CC2)cc1. The summed E-state index contributed by atoms with van der Waals surface area (Å²) in [5, 5.41) is 0. The molecule has 2 aromatic carbocycles. The van der Waals surface area contributed by atoms with Crippen molar-refractivity contribution in [2.24, 2.45) is 0 Å². The zero-order valence-corrected chi connectivity index (χ0v) is 15.9. The molecule has 1 aliphatic rings. The molecule has 0 radical (unpaired) electrons. The molecule has 0 aliphatic carbocycles. The quantitative estimate of drug-likeness (QED) is 0.781. The summed E-state index contributed by atoms with van der Waals surface area (Å²) in [6.45, 7) is 1.14. The number of halogens is 3. The molecular formula is C21H21F3N2O3. The number of rotatable bonds is 3. The van der Waals surface area contributed by atoms with Gasteiger partial charge in [-0.15, -0.1) is 0 Å². The van der Waals surface area contributed by atoms with Gasteiger partial charge in [-0.25, -0.2) is 0 Å². The summed E-state index contributed by atoms with van der Waals surface area (Å²) in [5.74, 6) is -0.216. The van der Waals surface area contributed by atoms with E-state index in [2.05, 4.69) is 0 Å². The van der Waals surface area contributed by atoms with Crippen LogP contribution in [0.4, 0.5) is 13.2 Å². The highest BCUT2D eigenvalue weighted by molar-refractivity contribution is 5.96. The number of methoxy groups -OCH3 is 1. The lowest BCUT2D eigenvalue weighted by molar-refractivity contribution is -0.138. The van der Waals surface area contributed by atoms with E-state index in [-0.39, 0.29) is 31.1 Å². The predicted octanol–water partition coefficient (Wildman–Crippen LogP) is 3.70. The summed E-state index contributed by atoms with van der Waals surface area (Å²) in [6, 6.07) is 11.5. The van der Waals surface area contributed by atoms with E-state index in [1.54, 1.807) is 29.2 Å². The molecule has 2 amide bonds. The second-order valence-corrected chi connectivity index (χ2v) is 6.71. The number of carbonyl (C=O) groups is 2. The molecule has 0 unspecified atom stereocenters. The van der Waals surface area contributed by atoms with Crippen molar-refractivity contribution < 1.29 is 27.5 Å². The molecule has 0 atom stereocenters. The molecule has 1 saturated heterocycles. The summed E-state index contributed by atoms with van der Waals surface area (Å²) < 4.78 is 44.8. The lowest BCUT2D eigenvalue weighted by Gasteiger charge is -2.23. The minimum absolute atomic E-state index is 0.174. The summed E-state index contributed by atoms with van der Waals surface area (Å²) in [6.07, 6.45) is -4.11. The zero-order chi connectivity index (χ0) is 21.0. The van der Waals surface area contributed by atoms with Crippen LogP contribution in [-0.2, 0) is 6.18 Å². The van der Waals surface area contributed by atoms with E-state index >= 15 is 0 Å². The van der Waals surface area contributed by atoms with Crippen LogP contribution in [0.3, 0.4) is 0 Å². The first-order valence-electron chi connectivity index (χ1n) is 9.20. The fourth-order valence-electron chi connectivity index (χ4n) is 3.33. The third-order valence-electron chi connectivity index (χ3n) is 4.87. The van der Waals surface area contributed by atoms with Crippen LogP contribution >= 0.6 is 0 Å². The molecule has 0 spiro atoms. The summed E-state index contributed by atoms with van der Waals surface area (Å²) in [7, 11) is 1.54. The van der Waals surface area contributed by atoms with Crippen LogP contribution in [0.1, 0.15) is 32.7 Å². The molecule has 0 saturated carbocycles. The van der Waals surface area contributed by atoms with Crippen LogP contribution in [0, 0.1) is 0 Å². The third-order valence-corrected chi connectivity index (χ3v) is 4.87. The first-order chi connectivity index (χ1) is 13.8. The largest absolute Gasteiger partial charge is 0.497 e. The van der Waals surface area contributed by atoms with Gasteiger partial charge in [-0.05, 0) is 42.8 Å².